The third-order valence-corrected chi connectivity index (χ3v) is 5.83. The van der Waals surface area contributed by atoms with Crippen LogP contribution in [0.1, 0.15) is 60.9 Å². The van der Waals surface area contributed by atoms with Gasteiger partial charge in [0.15, 0.2) is 5.76 Å². The molecular weight excluding hydrogens is 340 g/mol. The van der Waals surface area contributed by atoms with E-state index in [-0.39, 0.29) is 34.4 Å². The van der Waals surface area contributed by atoms with Crippen molar-refractivity contribution in [1.29, 1.82) is 0 Å². The number of carbonyl (C=O) groups excluding carboxylic acids is 2. The van der Waals surface area contributed by atoms with Crippen molar-refractivity contribution < 1.29 is 14.0 Å². The number of fused-ring (bicyclic) bond motifs is 2. The Bertz CT molecular complexity index is 871. The van der Waals surface area contributed by atoms with Gasteiger partial charge in [0.25, 0.3) is 11.8 Å². The molecule has 2 atom stereocenters. The van der Waals surface area contributed by atoms with Gasteiger partial charge in [-0.1, -0.05) is 32.9 Å². The van der Waals surface area contributed by atoms with Crippen molar-refractivity contribution in [3.05, 3.63) is 54.0 Å². The predicted octanol–water partition coefficient (Wildman–Crippen LogP) is 4.57. The van der Waals surface area contributed by atoms with E-state index in [0.717, 1.165) is 25.8 Å². The van der Waals surface area contributed by atoms with E-state index in [1.54, 1.807) is 24.3 Å². The van der Waals surface area contributed by atoms with Crippen molar-refractivity contribution in [3.8, 4) is 0 Å². The summed E-state index contributed by atoms with van der Waals surface area (Å²) in [5.41, 5.74) is 1.48. The van der Waals surface area contributed by atoms with Gasteiger partial charge in [-0.05, 0) is 54.4 Å². The summed E-state index contributed by atoms with van der Waals surface area (Å²) < 4.78 is 5.15. The van der Waals surface area contributed by atoms with E-state index in [9.17, 15) is 9.59 Å². The summed E-state index contributed by atoms with van der Waals surface area (Å²) in [6.07, 6.45) is 4.67. The molecule has 1 aromatic heterocycles. The maximum atomic E-state index is 13.4. The molecular formula is C22H26N2O3. The summed E-state index contributed by atoms with van der Waals surface area (Å²) in [6, 6.07) is 10.7. The van der Waals surface area contributed by atoms with Crippen molar-refractivity contribution in [1.82, 2.24) is 4.90 Å². The average Bonchev–Trinajstić information content (AvgIpc) is 3.20. The van der Waals surface area contributed by atoms with E-state index in [2.05, 4.69) is 26.1 Å². The third kappa shape index (κ3) is 3.38. The first-order valence-corrected chi connectivity index (χ1v) is 9.51. The fourth-order valence-electron chi connectivity index (χ4n) is 5.22. The highest BCUT2D eigenvalue weighted by Gasteiger charge is 2.51. The predicted molar refractivity (Wildman–Crippen MR) is 104 cm³/mol. The topological polar surface area (TPSA) is 62.6 Å². The first-order valence-electron chi connectivity index (χ1n) is 9.51. The largest absolute Gasteiger partial charge is 0.459 e. The van der Waals surface area contributed by atoms with Crippen molar-refractivity contribution in [3.63, 3.8) is 0 Å². The molecule has 0 spiro atoms. The Hall–Kier alpha value is -2.56. The summed E-state index contributed by atoms with van der Waals surface area (Å²) >= 11 is 0. The number of benzene rings is 1. The van der Waals surface area contributed by atoms with E-state index in [4.69, 9.17) is 4.42 Å². The molecule has 1 N–H and O–H groups in total. The quantitative estimate of drug-likeness (QED) is 0.865. The Morgan fingerprint density at radius 1 is 1.11 bits per heavy atom. The number of hydrogen-bond acceptors (Lipinski definition) is 3. The Morgan fingerprint density at radius 3 is 2.63 bits per heavy atom. The summed E-state index contributed by atoms with van der Waals surface area (Å²) in [5.74, 6) is -0.131. The molecule has 2 aliphatic rings. The van der Waals surface area contributed by atoms with E-state index < -0.39 is 0 Å². The summed E-state index contributed by atoms with van der Waals surface area (Å²) in [5, 5.41) is 2.82. The minimum absolute atomic E-state index is 0.00299. The van der Waals surface area contributed by atoms with E-state index in [0.29, 0.717) is 11.3 Å². The van der Waals surface area contributed by atoms with Gasteiger partial charge in [-0.3, -0.25) is 9.59 Å². The molecule has 2 aromatic rings. The number of rotatable bonds is 3. The Labute approximate surface area is 159 Å². The minimum Gasteiger partial charge on any atom is -0.459 e. The number of likely N-dealkylation sites (tertiary alicyclic amines) is 1. The third-order valence-electron chi connectivity index (χ3n) is 5.83. The molecule has 1 aliphatic heterocycles. The zero-order valence-electron chi connectivity index (χ0n) is 16.1. The van der Waals surface area contributed by atoms with Gasteiger partial charge in [0.2, 0.25) is 0 Å². The minimum atomic E-state index is -0.353. The molecule has 27 heavy (non-hydrogen) atoms. The van der Waals surface area contributed by atoms with E-state index in [1.165, 1.54) is 6.26 Å². The molecule has 1 saturated carbocycles. The number of amides is 2. The lowest BCUT2D eigenvalue weighted by molar-refractivity contribution is 0.0709. The van der Waals surface area contributed by atoms with Crippen LogP contribution in [0.5, 0.6) is 0 Å². The van der Waals surface area contributed by atoms with Gasteiger partial charge < -0.3 is 14.6 Å². The molecule has 0 radical (unpaired) electrons. The molecule has 5 nitrogen and oxygen atoms in total. The lowest BCUT2D eigenvalue weighted by Gasteiger charge is -2.39. The van der Waals surface area contributed by atoms with Crippen LogP contribution in [0.3, 0.4) is 0 Å². The molecule has 1 saturated heterocycles. The number of nitrogens with zero attached hydrogens (tertiary/aromatic N) is 1. The van der Waals surface area contributed by atoms with Crippen LogP contribution in [0.25, 0.3) is 0 Å². The molecule has 1 aliphatic carbocycles. The standard InChI is InChI=1S/C22H26N2O3/c1-21(2)11-15-12-22(3,13-21)14-24(15)20(26)16-7-4-5-8-17(16)23-19(25)18-9-6-10-27-18/h4-10,15H,11-14H2,1-3H3,(H,23,25)/t15-,22-/m1/s1. The van der Waals surface area contributed by atoms with Crippen molar-refractivity contribution >= 4 is 17.5 Å². The van der Waals surface area contributed by atoms with Crippen LogP contribution in [-0.2, 0) is 0 Å². The average molecular weight is 366 g/mol. The van der Waals surface area contributed by atoms with Crippen molar-refractivity contribution in [2.45, 2.75) is 46.1 Å². The molecule has 0 unspecified atom stereocenters. The summed E-state index contributed by atoms with van der Waals surface area (Å²) in [7, 11) is 0. The van der Waals surface area contributed by atoms with E-state index >= 15 is 0 Å². The zero-order chi connectivity index (χ0) is 19.2. The number of anilines is 1. The smallest absolute Gasteiger partial charge is 0.291 e. The van der Waals surface area contributed by atoms with Gasteiger partial charge >= 0.3 is 0 Å². The highest BCUT2D eigenvalue weighted by molar-refractivity contribution is 6.08. The van der Waals surface area contributed by atoms with Crippen LogP contribution in [0.4, 0.5) is 5.69 Å². The lowest BCUT2D eigenvalue weighted by Crippen LogP contribution is -2.38. The van der Waals surface area contributed by atoms with Gasteiger partial charge in [-0.2, -0.15) is 0 Å². The molecule has 2 bridgehead atoms. The highest BCUT2D eigenvalue weighted by Crippen LogP contribution is 2.52. The van der Waals surface area contributed by atoms with Gasteiger partial charge in [-0.25, -0.2) is 0 Å². The fraction of sp³-hybridized carbons (Fsp3) is 0.455. The maximum absolute atomic E-state index is 13.4. The number of furan rings is 1. The fourth-order valence-corrected chi connectivity index (χ4v) is 5.22. The van der Waals surface area contributed by atoms with Crippen molar-refractivity contribution in [2.24, 2.45) is 10.8 Å². The number of hydrogen-bond donors (Lipinski definition) is 1. The molecule has 2 amide bonds. The second-order valence-electron chi connectivity index (χ2n) is 9.12. The molecule has 1 aromatic carbocycles. The first kappa shape index (κ1) is 17.8. The number of nitrogens with one attached hydrogen (secondary N) is 1. The van der Waals surface area contributed by atoms with E-state index in [1.807, 2.05) is 17.0 Å². The van der Waals surface area contributed by atoms with Crippen LogP contribution < -0.4 is 5.32 Å². The van der Waals surface area contributed by atoms with Gasteiger partial charge in [0.05, 0.1) is 17.5 Å². The van der Waals surface area contributed by atoms with Gasteiger partial charge in [-0.15, -0.1) is 0 Å². The van der Waals surface area contributed by atoms with Gasteiger partial charge in [0, 0.05) is 12.6 Å². The van der Waals surface area contributed by atoms with Crippen LogP contribution in [0.2, 0.25) is 0 Å². The second kappa shape index (κ2) is 6.25. The summed E-state index contributed by atoms with van der Waals surface area (Å²) in [4.78, 5) is 27.8. The van der Waals surface area contributed by atoms with Gasteiger partial charge in [0.1, 0.15) is 0 Å². The van der Waals surface area contributed by atoms with Crippen LogP contribution in [0, 0.1) is 10.8 Å². The number of para-hydroxylation sites is 1. The SMILES string of the molecule is CC1(C)C[C@@H]2C[C@@](C)(CN2C(=O)c2ccccc2NC(=O)c2ccco2)C1. The highest BCUT2D eigenvalue weighted by atomic mass is 16.3. The zero-order valence-corrected chi connectivity index (χ0v) is 16.1. The Balaban J connectivity index is 1.59. The molecule has 4 rings (SSSR count). The molecule has 2 fully saturated rings. The summed E-state index contributed by atoms with van der Waals surface area (Å²) in [6.45, 7) is 7.66. The second-order valence-corrected chi connectivity index (χ2v) is 9.12. The maximum Gasteiger partial charge on any atom is 0.291 e. The Morgan fingerprint density at radius 2 is 1.89 bits per heavy atom. The van der Waals surface area contributed by atoms with Crippen LogP contribution in [0.15, 0.2) is 47.1 Å². The molecule has 5 heteroatoms. The first-order chi connectivity index (χ1) is 12.8. The monoisotopic (exact) mass is 366 g/mol. The lowest BCUT2D eigenvalue weighted by atomic mass is 9.65. The van der Waals surface area contributed by atoms with Crippen molar-refractivity contribution in [2.75, 3.05) is 11.9 Å². The van der Waals surface area contributed by atoms with Crippen LogP contribution in [-0.4, -0.2) is 29.3 Å². The van der Waals surface area contributed by atoms with Crippen LogP contribution >= 0.6 is 0 Å². The molecule has 2 heterocycles. The molecule has 142 valence electrons. The Kier molecular flexibility index (Phi) is 4.13. The normalized spacial score (nSPS) is 26.0. The number of carbonyl (C=O) groups is 2.